The van der Waals surface area contributed by atoms with Crippen LogP contribution in [-0.2, 0) is 24.2 Å². The normalized spacial score (nSPS) is 22.8. The predicted molar refractivity (Wildman–Crippen MR) is 109 cm³/mol. The summed E-state index contributed by atoms with van der Waals surface area (Å²) in [6, 6.07) is 7.08. The number of carbonyl (C=O) groups is 1. The number of hydrogen-bond acceptors (Lipinski definition) is 6. The topological polar surface area (TPSA) is 78.0 Å². The molecule has 0 saturated carbocycles. The molecule has 5 heterocycles. The maximum absolute atomic E-state index is 14.3. The number of carbonyl (C=O) groups excluding carboxylic acids is 1. The number of H-pyrrole nitrogens is 1. The molecule has 0 aliphatic carbocycles. The van der Waals surface area contributed by atoms with E-state index in [1.54, 1.807) is 12.1 Å². The third-order valence-electron chi connectivity index (χ3n) is 6.61. The van der Waals surface area contributed by atoms with Gasteiger partial charge in [-0.3, -0.25) is 14.8 Å². The highest BCUT2D eigenvalue weighted by Crippen LogP contribution is 2.44. The fourth-order valence-corrected chi connectivity index (χ4v) is 6.00. The summed E-state index contributed by atoms with van der Waals surface area (Å²) in [5.74, 6) is -0.111. The van der Waals surface area contributed by atoms with Crippen molar-refractivity contribution in [3.63, 3.8) is 0 Å². The molecule has 3 aliphatic heterocycles. The van der Waals surface area contributed by atoms with Crippen LogP contribution in [0.25, 0.3) is 11.3 Å². The number of hydrogen-bond donors (Lipinski definition) is 1. The summed E-state index contributed by atoms with van der Waals surface area (Å²) in [5.41, 5.74) is 4.26. The molecule has 0 spiro atoms. The van der Waals surface area contributed by atoms with E-state index < -0.39 is 0 Å². The maximum Gasteiger partial charge on any atom is 0.237 e. The molecule has 9 heteroatoms. The SMILES string of the molecule is O=C(CN1CCc2[nH]nc(-c3ccccc3F)c2C1)N1C2CCC1c1snnc1C2. The molecular formula is C21H21FN6OS. The monoisotopic (exact) mass is 424 g/mol. The Bertz CT molecular complexity index is 1130. The Hall–Kier alpha value is -2.65. The number of halogens is 1. The van der Waals surface area contributed by atoms with Gasteiger partial charge in [0.2, 0.25) is 5.91 Å². The number of nitrogens with one attached hydrogen (secondary N) is 1. The number of nitrogens with zero attached hydrogens (tertiary/aromatic N) is 5. The lowest BCUT2D eigenvalue weighted by Gasteiger charge is -2.36. The van der Waals surface area contributed by atoms with Crippen LogP contribution in [0.3, 0.4) is 0 Å². The standard InChI is InChI=1S/C21H21FN6OS/c22-15-4-2-1-3-13(15)20-14-10-27(8-7-16(14)23-25-20)11-19(29)28-12-5-6-18(28)21-17(9-12)24-26-30-21/h1-4,12,18H,5-11H2,(H,23,25). The van der Waals surface area contributed by atoms with Crippen LogP contribution in [0.2, 0.25) is 0 Å². The highest BCUT2D eigenvalue weighted by Gasteiger charge is 2.44. The van der Waals surface area contributed by atoms with Gasteiger partial charge in [0.1, 0.15) is 5.82 Å². The Balaban J connectivity index is 1.22. The van der Waals surface area contributed by atoms with Crippen LogP contribution in [0, 0.1) is 5.82 Å². The summed E-state index contributed by atoms with van der Waals surface area (Å²) in [6.07, 6.45) is 3.62. The second kappa shape index (κ2) is 6.95. The molecule has 1 saturated heterocycles. The molecule has 0 radical (unpaired) electrons. The van der Waals surface area contributed by atoms with Gasteiger partial charge in [0.25, 0.3) is 0 Å². The van der Waals surface area contributed by atoms with E-state index in [9.17, 15) is 9.18 Å². The Morgan fingerprint density at radius 1 is 1.30 bits per heavy atom. The van der Waals surface area contributed by atoms with Crippen LogP contribution >= 0.6 is 11.5 Å². The zero-order chi connectivity index (χ0) is 20.2. The minimum Gasteiger partial charge on any atom is -0.330 e. The van der Waals surface area contributed by atoms with Gasteiger partial charge < -0.3 is 4.90 Å². The summed E-state index contributed by atoms with van der Waals surface area (Å²) in [6.45, 7) is 1.75. The quantitative estimate of drug-likeness (QED) is 0.700. The van der Waals surface area contributed by atoms with E-state index in [0.717, 1.165) is 54.1 Å². The minimum atomic E-state index is -0.279. The van der Waals surface area contributed by atoms with Crippen LogP contribution in [0.15, 0.2) is 24.3 Å². The van der Waals surface area contributed by atoms with E-state index in [-0.39, 0.29) is 23.8 Å². The lowest BCUT2D eigenvalue weighted by molar-refractivity contribution is -0.136. The molecule has 1 N–H and O–H groups in total. The number of aromatic amines is 1. The molecule has 2 unspecified atom stereocenters. The van der Waals surface area contributed by atoms with Crippen LogP contribution in [-0.4, -0.2) is 54.6 Å². The highest BCUT2D eigenvalue weighted by molar-refractivity contribution is 7.05. The third kappa shape index (κ3) is 2.79. The van der Waals surface area contributed by atoms with Gasteiger partial charge in [0, 0.05) is 48.8 Å². The average Bonchev–Trinajstić information content (AvgIpc) is 3.46. The molecule has 6 rings (SSSR count). The summed E-state index contributed by atoms with van der Waals surface area (Å²) in [7, 11) is 0. The molecule has 2 aromatic heterocycles. The molecule has 1 aromatic carbocycles. The largest absolute Gasteiger partial charge is 0.330 e. The second-order valence-corrected chi connectivity index (χ2v) is 9.09. The summed E-state index contributed by atoms with van der Waals surface area (Å²) >= 11 is 1.43. The van der Waals surface area contributed by atoms with Gasteiger partial charge in [-0.25, -0.2) is 4.39 Å². The lowest BCUT2D eigenvalue weighted by Crippen LogP contribution is -2.47. The molecule has 30 heavy (non-hydrogen) atoms. The fraction of sp³-hybridized carbons (Fsp3) is 0.429. The van der Waals surface area contributed by atoms with Gasteiger partial charge in [0.05, 0.1) is 28.9 Å². The number of fused-ring (bicyclic) bond motifs is 5. The Morgan fingerprint density at radius 2 is 2.20 bits per heavy atom. The first kappa shape index (κ1) is 18.1. The minimum absolute atomic E-state index is 0.134. The molecule has 3 aromatic rings. The van der Waals surface area contributed by atoms with Crippen molar-refractivity contribution in [2.24, 2.45) is 0 Å². The number of aromatic nitrogens is 4. The van der Waals surface area contributed by atoms with Crippen LogP contribution in [0.4, 0.5) is 4.39 Å². The van der Waals surface area contributed by atoms with Gasteiger partial charge in [0.15, 0.2) is 0 Å². The maximum atomic E-state index is 14.3. The highest BCUT2D eigenvalue weighted by atomic mass is 32.1. The Kier molecular flexibility index (Phi) is 4.21. The van der Waals surface area contributed by atoms with Gasteiger partial charge in [-0.05, 0) is 36.5 Å². The second-order valence-electron chi connectivity index (χ2n) is 8.31. The van der Waals surface area contributed by atoms with Gasteiger partial charge in [-0.1, -0.05) is 16.6 Å². The molecule has 7 nitrogen and oxygen atoms in total. The van der Waals surface area contributed by atoms with E-state index in [2.05, 4.69) is 29.6 Å². The number of amides is 1. The third-order valence-corrected chi connectivity index (χ3v) is 7.48. The van der Waals surface area contributed by atoms with E-state index >= 15 is 0 Å². The first-order chi connectivity index (χ1) is 14.7. The van der Waals surface area contributed by atoms with Crippen molar-refractivity contribution >= 4 is 17.4 Å². The molecule has 3 aliphatic rings. The zero-order valence-corrected chi connectivity index (χ0v) is 17.2. The predicted octanol–water partition coefficient (Wildman–Crippen LogP) is 2.71. The van der Waals surface area contributed by atoms with Crippen molar-refractivity contribution in [3.05, 3.63) is 51.9 Å². The summed E-state index contributed by atoms with van der Waals surface area (Å²) in [4.78, 5) is 18.7. The lowest BCUT2D eigenvalue weighted by atomic mass is 10.0. The molecular weight excluding hydrogens is 403 g/mol. The van der Waals surface area contributed by atoms with Crippen LogP contribution < -0.4 is 0 Å². The first-order valence-electron chi connectivity index (χ1n) is 10.3. The van der Waals surface area contributed by atoms with Crippen molar-refractivity contribution in [3.8, 4) is 11.3 Å². The van der Waals surface area contributed by atoms with Crippen molar-refractivity contribution in [1.29, 1.82) is 0 Å². The van der Waals surface area contributed by atoms with E-state index in [1.165, 1.54) is 17.6 Å². The van der Waals surface area contributed by atoms with Gasteiger partial charge in [-0.15, -0.1) is 5.10 Å². The zero-order valence-electron chi connectivity index (χ0n) is 16.3. The van der Waals surface area contributed by atoms with Crippen molar-refractivity contribution < 1.29 is 9.18 Å². The van der Waals surface area contributed by atoms with Crippen molar-refractivity contribution in [1.82, 2.24) is 29.6 Å². The number of benzene rings is 1. The molecule has 1 amide bonds. The summed E-state index contributed by atoms with van der Waals surface area (Å²) in [5, 5.41) is 11.7. The molecule has 2 bridgehead atoms. The molecule has 1 fully saturated rings. The summed E-state index contributed by atoms with van der Waals surface area (Å²) < 4.78 is 18.4. The van der Waals surface area contributed by atoms with E-state index in [0.29, 0.717) is 24.3 Å². The van der Waals surface area contributed by atoms with E-state index in [1.807, 2.05) is 6.07 Å². The Labute approximate surface area is 177 Å². The van der Waals surface area contributed by atoms with Gasteiger partial charge in [-0.2, -0.15) is 5.10 Å². The molecule has 154 valence electrons. The van der Waals surface area contributed by atoms with Crippen LogP contribution in [0.1, 0.15) is 40.7 Å². The first-order valence-corrected chi connectivity index (χ1v) is 11.1. The van der Waals surface area contributed by atoms with Crippen molar-refractivity contribution in [2.75, 3.05) is 13.1 Å². The van der Waals surface area contributed by atoms with Crippen molar-refractivity contribution in [2.45, 2.75) is 44.3 Å². The fourth-order valence-electron chi connectivity index (χ4n) is 5.19. The Morgan fingerprint density at radius 3 is 3.10 bits per heavy atom. The number of rotatable bonds is 3. The average molecular weight is 425 g/mol. The van der Waals surface area contributed by atoms with Gasteiger partial charge >= 0.3 is 0 Å². The smallest absolute Gasteiger partial charge is 0.237 e. The van der Waals surface area contributed by atoms with Crippen LogP contribution in [0.5, 0.6) is 0 Å². The molecule has 2 atom stereocenters. The van der Waals surface area contributed by atoms with E-state index in [4.69, 9.17) is 0 Å².